The summed E-state index contributed by atoms with van der Waals surface area (Å²) in [6.45, 7) is 6.79. The maximum Gasteiger partial charge on any atom is 0.414 e. The first-order valence-corrected chi connectivity index (χ1v) is 12.3. The van der Waals surface area contributed by atoms with Crippen LogP contribution < -0.4 is 9.80 Å². The molecule has 1 saturated carbocycles. The monoisotopic (exact) mass is 499 g/mol. The molecule has 0 spiro atoms. The maximum atomic E-state index is 15.1. The van der Waals surface area contributed by atoms with Gasteiger partial charge in [0.05, 0.1) is 18.8 Å². The van der Waals surface area contributed by atoms with Gasteiger partial charge in [0.1, 0.15) is 11.8 Å². The number of halogens is 2. The summed E-state index contributed by atoms with van der Waals surface area (Å²) in [6.07, 6.45) is -1.46. The number of fused-ring (bicyclic) bond motifs is 1. The lowest BCUT2D eigenvalue weighted by molar-refractivity contribution is -0.141. The molecule has 4 atom stereocenters. The fraction of sp³-hybridized carbons (Fsp3) is 0.481. The zero-order valence-corrected chi connectivity index (χ0v) is 20.7. The molecule has 36 heavy (non-hydrogen) atoms. The van der Waals surface area contributed by atoms with Gasteiger partial charge in [-0.15, -0.1) is 0 Å². The predicted molar refractivity (Wildman–Crippen MR) is 130 cm³/mol. The fourth-order valence-corrected chi connectivity index (χ4v) is 5.50. The van der Waals surface area contributed by atoms with E-state index in [1.165, 1.54) is 0 Å². The first-order valence-electron chi connectivity index (χ1n) is 12.3. The van der Waals surface area contributed by atoms with Crippen molar-refractivity contribution in [3.8, 4) is 0 Å². The second-order valence-electron chi connectivity index (χ2n) is 10.9. The minimum atomic E-state index is -0.755. The number of rotatable bonds is 6. The van der Waals surface area contributed by atoms with Gasteiger partial charge in [-0.25, -0.2) is 13.6 Å². The van der Waals surface area contributed by atoms with E-state index in [0.29, 0.717) is 19.6 Å². The van der Waals surface area contributed by atoms with Crippen molar-refractivity contribution in [1.29, 1.82) is 0 Å². The Bertz CT molecular complexity index is 1130. The van der Waals surface area contributed by atoms with Gasteiger partial charge in [-0.05, 0) is 5.56 Å². The van der Waals surface area contributed by atoms with E-state index in [1.807, 2.05) is 56.0 Å². The van der Waals surface area contributed by atoms with Crippen LogP contribution in [0.5, 0.6) is 0 Å². The molecule has 2 amide bonds. The Morgan fingerprint density at radius 3 is 2.22 bits per heavy atom. The Kier molecular flexibility index (Phi) is 6.14. The minimum absolute atomic E-state index is 0.0299. The Morgan fingerprint density at radius 1 is 1.08 bits per heavy atom. The van der Waals surface area contributed by atoms with Crippen LogP contribution in [0.3, 0.4) is 0 Å². The van der Waals surface area contributed by atoms with Gasteiger partial charge in [-0.3, -0.25) is 9.69 Å². The van der Waals surface area contributed by atoms with Crippen LogP contribution in [-0.2, 0) is 16.1 Å². The van der Waals surface area contributed by atoms with Crippen LogP contribution in [-0.4, -0.2) is 60.4 Å². The molecular weight excluding hydrogens is 468 g/mol. The quantitative estimate of drug-likeness (QED) is 0.655. The Labute approximate surface area is 209 Å². The Balaban J connectivity index is 1.31. The molecule has 2 aromatic carbocycles. The lowest BCUT2D eigenvalue weighted by atomic mass is 9.94. The van der Waals surface area contributed by atoms with E-state index in [9.17, 15) is 14.7 Å². The molecule has 1 N–H and O–H groups in total. The first kappa shape index (κ1) is 24.5. The summed E-state index contributed by atoms with van der Waals surface area (Å²) in [7, 11) is 0. The second-order valence-corrected chi connectivity index (χ2v) is 10.9. The van der Waals surface area contributed by atoms with Gasteiger partial charge < -0.3 is 19.6 Å². The Morgan fingerprint density at radius 2 is 1.69 bits per heavy atom. The van der Waals surface area contributed by atoms with Gasteiger partial charge in [0.25, 0.3) is 0 Å². The van der Waals surface area contributed by atoms with Crippen molar-refractivity contribution in [1.82, 2.24) is 4.90 Å². The number of benzene rings is 2. The van der Waals surface area contributed by atoms with Crippen LogP contribution in [0, 0.1) is 28.9 Å². The van der Waals surface area contributed by atoms with E-state index in [0.717, 1.165) is 22.6 Å². The summed E-state index contributed by atoms with van der Waals surface area (Å²) in [6, 6.07) is 12.1. The van der Waals surface area contributed by atoms with Crippen molar-refractivity contribution in [2.45, 2.75) is 39.5 Å². The number of nitrogens with zero attached hydrogens (tertiary/aromatic N) is 3. The summed E-state index contributed by atoms with van der Waals surface area (Å²) in [5.74, 6) is -1.17. The molecule has 3 fully saturated rings. The van der Waals surface area contributed by atoms with Crippen LogP contribution in [0.15, 0.2) is 42.5 Å². The molecule has 5 rings (SSSR count). The minimum Gasteiger partial charge on any atom is -0.441 e. The molecule has 192 valence electrons. The maximum absolute atomic E-state index is 15.1. The molecule has 0 radical (unpaired) electrons. The highest BCUT2D eigenvalue weighted by Gasteiger charge is 2.60. The van der Waals surface area contributed by atoms with E-state index < -0.39 is 29.2 Å². The number of carbonyl (C=O) groups is 2. The van der Waals surface area contributed by atoms with Crippen molar-refractivity contribution in [2.75, 3.05) is 36.0 Å². The zero-order chi connectivity index (χ0) is 25.8. The van der Waals surface area contributed by atoms with Gasteiger partial charge >= 0.3 is 6.09 Å². The number of anilines is 2. The summed E-state index contributed by atoms with van der Waals surface area (Å²) < 4.78 is 35.2. The van der Waals surface area contributed by atoms with Gasteiger partial charge in [0.15, 0.2) is 11.6 Å². The summed E-state index contributed by atoms with van der Waals surface area (Å²) >= 11 is 0. The molecule has 2 heterocycles. The van der Waals surface area contributed by atoms with E-state index in [1.54, 1.807) is 4.90 Å². The van der Waals surface area contributed by atoms with Crippen LogP contribution >= 0.6 is 0 Å². The molecular formula is C27H31F2N3O4. The van der Waals surface area contributed by atoms with Crippen LogP contribution in [0.25, 0.3) is 0 Å². The van der Waals surface area contributed by atoms with Crippen molar-refractivity contribution >= 4 is 23.4 Å². The van der Waals surface area contributed by atoms with Crippen molar-refractivity contribution in [3.05, 3.63) is 59.7 Å². The lowest BCUT2D eigenvalue weighted by Gasteiger charge is -2.33. The number of hydrogen-bond acceptors (Lipinski definition) is 5. The number of ether oxygens (including phenoxy) is 1. The third-order valence-corrected chi connectivity index (χ3v) is 7.31. The second kappa shape index (κ2) is 9.03. The largest absolute Gasteiger partial charge is 0.441 e. The highest BCUT2D eigenvalue weighted by molar-refractivity contribution is 5.90. The van der Waals surface area contributed by atoms with Gasteiger partial charge in [-0.2, -0.15) is 0 Å². The fourth-order valence-electron chi connectivity index (χ4n) is 5.50. The number of piperidine rings is 1. The molecule has 1 aliphatic carbocycles. The van der Waals surface area contributed by atoms with Gasteiger partial charge in [0, 0.05) is 55.1 Å². The molecule has 0 bridgehead atoms. The third kappa shape index (κ3) is 4.40. The van der Waals surface area contributed by atoms with E-state index in [-0.39, 0.29) is 48.3 Å². The van der Waals surface area contributed by atoms with Crippen molar-refractivity contribution < 1.29 is 28.2 Å². The van der Waals surface area contributed by atoms with Crippen molar-refractivity contribution in [3.63, 3.8) is 0 Å². The molecule has 2 aliphatic heterocycles. The number of carbonyl (C=O) groups excluding carboxylic acids is 2. The summed E-state index contributed by atoms with van der Waals surface area (Å²) in [5.41, 5.74) is 0.452. The average molecular weight is 500 g/mol. The number of aliphatic hydroxyl groups excluding tert-OH is 1. The van der Waals surface area contributed by atoms with E-state index >= 15 is 8.78 Å². The summed E-state index contributed by atoms with van der Waals surface area (Å²) in [5, 5.41) is 9.21. The Hall–Kier alpha value is -3.20. The number of amides is 2. The molecule has 2 saturated heterocycles. The van der Waals surface area contributed by atoms with Gasteiger partial charge in [0.2, 0.25) is 5.91 Å². The topological polar surface area (TPSA) is 73.3 Å². The number of hydrogen-bond donors (Lipinski definition) is 1. The van der Waals surface area contributed by atoms with E-state index in [4.69, 9.17) is 4.74 Å². The molecule has 3 aliphatic rings. The normalized spacial score (nSPS) is 25.1. The molecule has 2 aromatic rings. The highest BCUT2D eigenvalue weighted by Crippen LogP contribution is 2.52. The van der Waals surface area contributed by atoms with Crippen LogP contribution in [0.1, 0.15) is 26.3 Å². The average Bonchev–Trinajstić information content (AvgIpc) is 3.14. The van der Waals surface area contributed by atoms with Crippen LogP contribution in [0.4, 0.5) is 25.0 Å². The molecule has 0 aromatic heterocycles. The molecule has 7 nitrogen and oxygen atoms in total. The highest BCUT2D eigenvalue weighted by atomic mass is 19.1. The number of aliphatic hydroxyl groups is 1. The first-order chi connectivity index (χ1) is 17.1. The molecule has 9 heteroatoms. The van der Waals surface area contributed by atoms with Crippen LogP contribution in [0.2, 0.25) is 0 Å². The van der Waals surface area contributed by atoms with Gasteiger partial charge in [-0.1, -0.05) is 51.1 Å². The molecule has 1 unspecified atom stereocenters. The number of cyclic esters (lactones) is 1. The SMILES string of the molecule is CC(C)(C)C(=O)N(Cc1ccccc1)C1[C@H]2CN(c3c(F)cc(N4C[C@H](CO)OC4=O)cc3F)C[C@@H]12. The third-order valence-electron chi connectivity index (χ3n) is 7.31. The predicted octanol–water partition coefficient (Wildman–Crippen LogP) is 3.79. The smallest absolute Gasteiger partial charge is 0.414 e. The lowest BCUT2D eigenvalue weighted by Crippen LogP contribution is -2.44. The summed E-state index contributed by atoms with van der Waals surface area (Å²) in [4.78, 5) is 30.1. The van der Waals surface area contributed by atoms with Crippen molar-refractivity contribution in [2.24, 2.45) is 17.3 Å². The van der Waals surface area contributed by atoms with E-state index in [2.05, 4.69) is 0 Å². The zero-order valence-electron chi connectivity index (χ0n) is 20.7. The standard InChI is InChI=1S/C27H31F2N3O4/c1-27(2,3)25(34)32(11-16-7-5-4-6-8-16)23-19-13-30(14-20(19)23)24-21(28)9-17(10-22(24)29)31-12-18(15-33)36-26(31)35/h4-10,18-20,23,33H,11-15H2,1-3H3/t18-,19-,20+,23?/m1/s1.